The van der Waals surface area contributed by atoms with Crippen LogP contribution in [-0.2, 0) is 0 Å². The number of nitrogens with zero attached hydrogens (tertiary/aromatic N) is 3. The smallest absolute Gasteiger partial charge is 0.284 e. The molecule has 3 heterocycles. The number of carbonyl (C=O) groups is 3. The fraction of sp³-hybridized carbons (Fsp3) is 0.0556. The third-order valence-electron chi connectivity index (χ3n) is 4.05. The first kappa shape index (κ1) is 16.9. The number of imide groups is 1. The average molecular weight is 383 g/mol. The van der Waals surface area contributed by atoms with Gasteiger partial charge >= 0.3 is 0 Å². The van der Waals surface area contributed by atoms with Crippen LogP contribution in [0, 0.1) is 6.92 Å². The third kappa shape index (κ3) is 2.76. The Bertz CT molecular complexity index is 1070. The topological polar surface area (TPSA) is 105 Å². The van der Waals surface area contributed by atoms with Crippen molar-refractivity contribution in [1.29, 1.82) is 0 Å². The Morgan fingerprint density at radius 2 is 2.00 bits per heavy atom. The molecule has 1 aromatic carbocycles. The molecule has 4 rings (SSSR count). The molecule has 1 aliphatic rings. The average Bonchev–Trinajstić information content (AvgIpc) is 3.18. The second kappa shape index (κ2) is 6.33. The molecule has 27 heavy (non-hydrogen) atoms. The molecule has 0 saturated heterocycles. The summed E-state index contributed by atoms with van der Waals surface area (Å²) >= 11 is 6.27. The van der Waals surface area contributed by atoms with Crippen molar-refractivity contribution in [2.45, 2.75) is 6.92 Å². The highest BCUT2D eigenvalue weighted by molar-refractivity contribution is 6.39. The van der Waals surface area contributed by atoms with Crippen molar-refractivity contribution in [3.05, 3.63) is 70.7 Å². The van der Waals surface area contributed by atoms with Gasteiger partial charge in [-0.3, -0.25) is 19.4 Å². The highest BCUT2D eigenvalue weighted by atomic mass is 35.5. The predicted molar refractivity (Wildman–Crippen MR) is 96.0 cm³/mol. The van der Waals surface area contributed by atoms with Gasteiger partial charge in [0.25, 0.3) is 17.7 Å². The van der Waals surface area contributed by atoms with E-state index in [-0.39, 0.29) is 27.7 Å². The van der Waals surface area contributed by atoms with Gasteiger partial charge in [-0.2, -0.15) is 0 Å². The van der Waals surface area contributed by atoms with Crippen LogP contribution >= 0.6 is 11.6 Å². The van der Waals surface area contributed by atoms with Crippen molar-refractivity contribution in [2.75, 3.05) is 10.2 Å². The van der Waals surface area contributed by atoms with Crippen LogP contribution in [0.1, 0.15) is 37.1 Å². The van der Waals surface area contributed by atoms with Crippen molar-refractivity contribution >= 4 is 40.7 Å². The first-order chi connectivity index (χ1) is 13.0. The molecule has 0 aliphatic carbocycles. The van der Waals surface area contributed by atoms with Crippen LogP contribution < -0.4 is 10.2 Å². The monoisotopic (exact) mass is 382 g/mol. The van der Waals surface area contributed by atoms with Crippen LogP contribution in [0.2, 0.25) is 5.02 Å². The number of fused-ring (bicyclic) bond motifs is 1. The maximum atomic E-state index is 12.5. The molecule has 8 nitrogen and oxygen atoms in total. The lowest BCUT2D eigenvalue weighted by molar-refractivity contribution is 0.0923. The number of pyridine rings is 1. The van der Waals surface area contributed by atoms with E-state index in [4.69, 9.17) is 16.0 Å². The lowest BCUT2D eigenvalue weighted by atomic mass is 10.2. The van der Waals surface area contributed by atoms with Crippen LogP contribution in [0.4, 0.5) is 11.4 Å². The third-order valence-corrected chi connectivity index (χ3v) is 4.36. The Balaban J connectivity index is 1.62. The molecule has 134 valence electrons. The number of hydrogen-bond donors (Lipinski definition) is 1. The summed E-state index contributed by atoms with van der Waals surface area (Å²) in [6.45, 7) is 1.62. The van der Waals surface area contributed by atoms with E-state index in [1.165, 1.54) is 36.9 Å². The molecule has 0 bridgehead atoms. The Labute approximate surface area is 157 Å². The fourth-order valence-corrected chi connectivity index (χ4v) is 3.03. The first-order valence-electron chi connectivity index (χ1n) is 7.82. The number of rotatable bonds is 3. The number of oxazole rings is 1. The van der Waals surface area contributed by atoms with Gasteiger partial charge in [-0.15, -0.1) is 0 Å². The zero-order valence-corrected chi connectivity index (χ0v) is 14.6. The van der Waals surface area contributed by atoms with Crippen LogP contribution in [0.25, 0.3) is 0 Å². The number of aromatic nitrogens is 2. The number of hydrogen-bond acceptors (Lipinski definition) is 6. The second-order valence-corrected chi connectivity index (χ2v) is 6.13. The van der Waals surface area contributed by atoms with E-state index in [2.05, 4.69) is 15.3 Å². The summed E-state index contributed by atoms with van der Waals surface area (Å²) in [7, 11) is 0. The number of halogens is 1. The summed E-state index contributed by atoms with van der Waals surface area (Å²) < 4.78 is 5.00. The van der Waals surface area contributed by atoms with E-state index in [0.29, 0.717) is 11.4 Å². The van der Waals surface area contributed by atoms with E-state index >= 15 is 0 Å². The Kier molecular flexibility index (Phi) is 3.97. The molecule has 0 unspecified atom stereocenters. The zero-order chi connectivity index (χ0) is 19.1. The predicted octanol–water partition coefficient (Wildman–Crippen LogP) is 3.08. The minimum Gasteiger partial charge on any atom is -0.448 e. The SMILES string of the molecule is Cc1ocnc1C(=O)Nc1ccc(N2C(=O)c3cccnc3C2=O)c(Cl)c1. The highest BCUT2D eigenvalue weighted by Crippen LogP contribution is 2.34. The number of aryl methyl sites for hydroxylation is 1. The molecule has 3 aromatic rings. The maximum absolute atomic E-state index is 12.5. The lowest BCUT2D eigenvalue weighted by Crippen LogP contribution is -2.29. The van der Waals surface area contributed by atoms with Crippen molar-refractivity contribution in [2.24, 2.45) is 0 Å². The molecular weight excluding hydrogens is 372 g/mol. The van der Waals surface area contributed by atoms with Gasteiger partial charge in [-0.05, 0) is 37.3 Å². The summed E-state index contributed by atoms with van der Waals surface area (Å²) in [6.07, 6.45) is 2.62. The van der Waals surface area contributed by atoms with E-state index in [1.54, 1.807) is 13.0 Å². The molecule has 0 fully saturated rings. The van der Waals surface area contributed by atoms with E-state index in [0.717, 1.165) is 4.90 Å². The quantitative estimate of drug-likeness (QED) is 0.698. The second-order valence-electron chi connectivity index (χ2n) is 5.72. The van der Waals surface area contributed by atoms with Crippen molar-refractivity contribution in [1.82, 2.24) is 9.97 Å². The summed E-state index contributed by atoms with van der Waals surface area (Å²) in [6, 6.07) is 7.58. The van der Waals surface area contributed by atoms with Crippen molar-refractivity contribution < 1.29 is 18.8 Å². The number of benzene rings is 1. The Morgan fingerprint density at radius 3 is 2.67 bits per heavy atom. The molecule has 1 aliphatic heterocycles. The normalized spacial score (nSPS) is 13.0. The number of nitrogens with one attached hydrogen (secondary N) is 1. The number of carbonyl (C=O) groups excluding carboxylic acids is 3. The van der Waals surface area contributed by atoms with E-state index in [9.17, 15) is 14.4 Å². The molecule has 9 heteroatoms. The van der Waals surface area contributed by atoms with E-state index in [1.807, 2.05) is 0 Å². The highest BCUT2D eigenvalue weighted by Gasteiger charge is 2.38. The molecule has 0 spiro atoms. The van der Waals surface area contributed by atoms with Gasteiger partial charge in [0.1, 0.15) is 11.5 Å². The van der Waals surface area contributed by atoms with Gasteiger partial charge in [0.2, 0.25) is 0 Å². The van der Waals surface area contributed by atoms with Crippen molar-refractivity contribution in [3.8, 4) is 0 Å². The van der Waals surface area contributed by atoms with Gasteiger partial charge < -0.3 is 9.73 Å². The summed E-state index contributed by atoms with van der Waals surface area (Å²) in [5.74, 6) is -1.13. The minimum absolute atomic E-state index is 0.0810. The molecule has 3 amide bonds. The molecule has 0 atom stereocenters. The minimum atomic E-state index is -0.549. The summed E-state index contributed by atoms with van der Waals surface area (Å²) in [4.78, 5) is 46.0. The van der Waals surface area contributed by atoms with Crippen LogP contribution in [0.15, 0.2) is 47.3 Å². The fourth-order valence-electron chi connectivity index (χ4n) is 2.77. The number of anilines is 2. The van der Waals surface area contributed by atoms with Crippen LogP contribution in [0.5, 0.6) is 0 Å². The largest absolute Gasteiger partial charge is 0.448 e. The first-order valence-corrected chi connectivity index (χ1v) is 8.20. The lowest BCUT2D eigenvalue weighted by Gasteiger charge is -2.16. The van der Waals surface area contributed by atoms with Gasteiger partial charge in [0.05, 0.1) is 16.3 Å². The summed E-state index contributed by atoms with van der Waals surface area (Å²) in [5, 5.41) is 2.76. The molecule has 2 aromatic heterocycles. The van der Waals surface area contributed by atoms with E-state index < -0.39 is 17.7 Å². The van der Waals surface area contributed by atoms with Gasteiger partial charge in [-0.1, -0.05) is 11.6 Å². The summed E-state index contributed by atoms with van der Waals surface area (Å²) in [5.41, 5.74) is 1.04. The maximum Gasteiger partial charge on any atom is 0.284 e. The Hall–Kier alpha value is -3.52. The van der Waals surface area contributed by atoms with Crippen LogP contribution in [-0.4, -0.2) is 27.7 Å². The molecular formula is C18H11ClN4O4. The molecule has 1 N–H and O–H groups in total. The van der Waals surface area contributed by atoms with Gasteiger partial charge in [0.15, 0.2) is 12.1 Å². The standard InChI is InChI=1S/C18H11ClN4O4/c1-9-14(21-8-27-9)16(24)22-10-4-5-13(12(19)7-10)23-17(25)11-3-2-6-20-15(11)18(23)26/h2-8H,1H3,(H,22,24). The zero-order valence-electron chi connectivity index (χ0n) is 13.9. The number of amides is 3. The van der Waals surface area contributed by atoms with Crippen molar-refractivity contribution in [3.63, 3.8) is 0 Å². The molecule has 0 radical (unpaired) electrons. The molecule has 0 saturated carbocycles. The van der Waals surface area contributed by atoms with Gasteiger partial charge in [0, 0.05) is 11.9 Å². The van der Waals surface area contributed by atoms with Crippen LogP contribution in [0.3, 0.4) is 0 Å². The Morgan fingerprint density at radius 1 is 1.19 bits per heavy atom. The van der Waals surface area contributed by atoms with Gasteiger partial charge in [-0.25, -0.2) is 9.88 Å².